The normalized spacial score (nSPS) is 12.9. The van der Waals surface area contributed by atoms with E-state index in [4.69, 9.17) is 21.9 Å². The monoisotopic (exact) mass is 268 g/mol. The lowest BCUT2D eigenvalue weighted by atomic mass is 10.1. The molecule has 0 amide bonds. The van der Waals surface area contributed by atoms with Crippen molar-refractivity contribution in [2.45, 2.75) is 32.9 Å². The largest absolute Gasteiger partial charge is 0.472 e. The molecule has 0 aliphatic rings. The molecular formula is C12H17ClN4O. The average molecular weight is 269 g/mol. The van der Waals surface area contributed by atoms with Crippen molar-refractivity contribution < 1.29 is 4.42 Å². The number of hydrogen-bond acceptors (Lipinski definition) is 4. The average Bonchev–Trinajstić information content (AvgIpc) is 2.98. The van der Waals surface area contributed by atoms with Crippen LogP contribution in [0.1, 0.15) is 29.9 Å². The number of nitrogens with two attached hydrogens (primary N) is 1. The van der Waals surface area contributed by atoms with Crippen LogP contribution >= 0.6 is 11.6 Å². The molecule has 5 nitrogen and oxygen atoms in total. The van der Waals surface area contributed by atoms with Crippen LogP contribution in [-0.4, -0.2) is 9.78 Å². The molecule has 0 saturated carbocycles. The van der Waals surface area contributed by atoms with Gasteiger partial charge in [-0.15, -0.1) is 0 Å². The topological polar surface area (TPSA) is 69.0 Å². The molecule has 2 aromatic rings. The fraction of sp³-hybridized carbons (Fsp3) is 0.417. The van der Waals surface area contributed by atoms with Gasteiger partial charge in [0.2, 0.25) is 0 Å². The second kappa shape index (κ2) is 5.56. The SMILES string of the molecule is CCn1nc(C)c(Cl)c1CC(NN)c1ccoc1. The van der Waals surface area contributed by atoms with E-state index in [9.17, 15) is 0 Å². The van der Waals surface area contributed by atoms with E-state index in [1.54, 1.807) is 12.5 Å². The van der Waals surface area contributed by atoms with E-state index in [0.717, 1.165) is 23.5 Å². The van der Waals surface area contributed by atoms with Crippen LogP contribution in [0.25, 0.3) is 0 Å². The molecule has 0 aromatic carbocycles. The third-order valence-corrected chi connectivity index (χ3v) is 3.49. The maximum absolute atomic E-state index is 6.28. The maximum atomic E-state index is 6.28. The number of halogens is 1. The zero-order chi connectivity index (χ0) is 13.1. The van der Waals surface area contributed by atoms with Gasteiger partial charge >= 0.3 is 0 Å². The Morgan fingerprint density at radius 3 is 2.94 bits per heavy atom. The molecule has 2 rings (SSSR count). The third kappa shape index (κ3) is 2.43. The quantitative estimate of drug-likeness (QED) is 0.644. The number of hydrazine groups is 1. The summed E-state index contributed by atoms with van der Waals surface area (Å²) in [4.78, 5) is 0. The molecule has 0 saturated heterocycles. The van der Waals surface area contributed by atoms with Gasteiger partial charge in [0.05, 0.1) is 35.0 Å². The van der Waals surface area contributed by atoms with Gasteiger partial charge in [-0.3, -0.25) is 16.0 Å². The summed E-state index contributed by atoms with van der Waals surface area (Å²) >= 11 is 6.28. The van der Waals surface area contributed by atoms with Crippen molar-refractivity contribution in [1.82, 2.24) is 15.2 Å². The molecule has 2 aromatic heterocycles. The number of nitrogens with one attached hydrogen (secondary N) is 1. The molecule has 18 heavy (non-hydrogen) atoms. The van der Waals surface area contributed by atoms with Crippen LogP contribution in [0.3, 0.4) is 0 Å². The van der Waals surface area contributed by atoms with E-state index in [1.165, 1.54) is 0 Å². The molecule has 0 spiro atoms. The predicted molar refractivity (Wildman–Crippen MR) is 70.1 cm³/mol. The number of nitrogens with zero attached hydrogens (tertiary/aromatic N) is 2. The summed E-state index contributed by atoms with van der Waals surface area (Å²) in [5.41, 5.74) is 5.61. The van der Waals surface area contributed by atoms with Crippen molar-refractivity contribution in [3.05, 3.63) is 40.6 Å². The van der Waals surface area contributed by atoms with Crippen molar-refractivity contribution in [3.63, 3.8) is 0 Å². The smallest absolute Gasteiger partial charge is 0.0951 e. The van der Waals surface area contributed by atoms with Crippen molar-refractivity contribution >= 4 is 11.6 Å². The number of furan rings is 1. The van der Waals surface area contributed by atoms with Gasteiger partial charge < -0.3 is 4.42 Å². The number of rotatable bonds is 5. The first-order chi connectivity index (χ1) is 8.67. The lowest BCUT2D eigenvalue weighted by Crippen LogP contribution is -2.30. The Kier molecular flexibility index (Phi) is 4.06. The summed E-state index contributed by atoms with van der Waals surface area (Å²) in [6.07, 6.45) is 3.98. The van der Waals surface area contributed by atoms with E-state index in [1.807, 2.05) is 24.6 Å². The van der Waals surface area contributed by atoms with E-state index in [-0.39, 0.29) is 6.04 Å². The molecular weight excluding hydrogens is 252 g/mol. The lowest BCUT2D eigenvalue weighted by molar-refractivity contribution is 0.504. The van der Waals surface area contributed by atoms with Crippen molar-refractivity contribution in [2.24, 2.45) is 5.84 Å². The zero-order valence-corrected chi connectivity index (χ0v) is 11.2. The molecule has 1 atom stereocenters. The summed E-state index contributed by atoms with van der Waals surface area (Å²) in [6.45, 7) is 4.72. The van der Waals surface area contributed by atoms with Crippen LogP contribution < -0.4 is 11.3 Å². The van der Waals surface area contributed by atoms with Crippen LogP contribution in [0, 0.1) is 6.92 Å². The van der Waals surface area contributed by atoms with Crippen molar-refractivity contribution in [2.75, 3.05) is 0 Å². The fourth-order valence-corrected chi connectivity index (χ4v) is 2.22. The van der Waals surface area contributed by atoms with Crippen LogP contribution in [-0.2, 0) is 13.0 Å². The van der Waals surface area contributed by atoms with Crippen molar-refractivity contribution in [1.29, 1.82) is 0 Å². The Morgan fingerprint density at radius 1 is 1.61 bits per heavy atom. The third-order valence-electron chi connectivity index (χ3n) is 3.00. The Bertz CT molecular complexity index is 506. The standard InChI is InChI=1S/C12H17ClN4O/c1-3-17-11(12(13)8(2)16-17)6-10(15-14)9-4-5-18-7-9/h4-5,7,10,15H,3,6,14H2,1-2H3. The highest BCUT2D eigenvalue weighted by atomic mass is 35.5. The molecule has 1 unspecified atom stereocenters. The summed E-state index contributed by atoms with van der Waals surface area (Å²) in [5.74, 6) is 5.60. The van der Waals surface area contributed by atoms with Gasteiger partial charge in [-0.1, -0.05) is 11.6 Å². The van der Waals surface area contributed by atoms with Gasteiger partial charge in [-0.05, 0) is 19.9 Å². The Hall–Kier alpha value is -1.30. The maximum Gasteiger partial charge on any atom is 0.0951 e. The minimum absolute atomic E-state index is 0.0392. The summed E-state index contributed by atoms with van der Waals surface area (Å²) in [7, 11) is 0. The van der Waals surface area contributed by atoms with Crippen LogP contribution in [0.5, 0.6) is 0 Å². The number of hydrogen-bond donors (Lipinski definition) is 2. The van der Waals surface area contributed by atoms with Gasteiger partial charge in [-0.2, -0.15) is 5.10 Å². The highest BCUT2D eigenvalue weighted by Crippen LogP contribution is 2.26. The molecule has 2 heterocycles. The van der Waals surface area contributed by atoms with E-state index in [0.29, 0.717) is 11.4 Å². The predicted octanol–water partition coefficient (Wildman–Crippen LogP) is 2.20. The molecule has 0 aliphatic heterocycles. The van der Waals surface area contributed by atoms with Gasteiger partial charge in [0.1, 0.15) is 0 Å². The first kappa shape index (κ1) is 13.1. The highest BCUT2D eigenvalue weighted by molar-refractivity contribution is 6.31. The second-order valence-corrected chi connectivity index (χ2v) is 4.52. The van der Waals surface area contributed by atoms with E-state index >= 15 is 0 Å². The molecule has 0 aliphatic carbocycles. The minimum Gasteiger partial charge on any atom is -0.472 e. The van der Waals surface area contributed by atoms with Gasteiger partial charge in [0, 0.05) is 18.5 Å². The van der Waals surface area contributed by atoms with Gasteiger partial charge in [0.25, 0.3) is 0 Å². The molecule has 6 heteroatoms. The Balaban J connectivity index is 2.27. The number of aromatic nitrogens is 2. The number of aryl methyl sites for hydroxylation is 2. The first-order valence-corrected chi connectivity index (χ1v) is 6.25. The summed E-state index contributed by atoms with van der Waals surface area (Å²) < 4.78 is 6.98. The molecule has 0 radical (unpaired) electrons. The Morgan fingerprint density at radius 2 is 2.39 bits per heavy atom. The van der Waals surface area contributed by atoms with Gasteiger partial charge in [0.15, 0.2) is 0 Å². The molecule has 3 N–H and O–H groups in total. The van der Waals surface area contributed by atoms with Crippen LogP contribution in [0.4, 0.5) is 0 Å². The summed E-state index contributed by atoms with van der Waals surface area (Å²) in [5, 5.41) is 5.10. The van der Waals surface area contributed by atoms with Crippen molar-refractivity contribution in [3.8, 4) is 0 Å². The van der Waals surface area contributed by atoms with Crippen LogP contribution in [0.15, 0.2) is 23.0 Å². The van der Waals surface area contributed by atoms with Crippen LogP contribution in [0.2, 0.25) is 5.02 Å². The highest BCUT2D eigenvalue weighted by Gasteiger charge is 2.19. The van der Waals surface area contributed by atoms with E-state index in [2.05, 4.69) is 10.5 Å². The molecule has 0 bridgehead atoms. The zero-order valence-electron chi connectivity index (χ0n) is 10.5. The van der Waals surface area contributed by atoms with Gasteiger partial charge in [-0.25, -0.2) is 0 Å². The molecule has 0 fully saturated rings. The fourth-order valence-electron chi connectivity index (χ4n) is 2.00. The minimum atomic E-state index is -0.0392. The molecule has 98 valence electrons. The van der Waals surface area contributed by atoms with E-state index < -0.39 is 0 Å². The lowest BCUT2D eigenvalue weighted by Gasteiger charge is -2.15. The first-order valence-electron chi connectivity index (χ1n) is 5.87. The second-order valence-electron chi connectivity index (χ2n) is 4.14. The summed E-state index contributed by atoms with van der Waals surface area (Å²) in [6, 6.07) is 1.85. The Labute approximate surface area is 111 Å².